The van der Waals surface area contributed by atoms with Crippen molar-refractivity contribution in [1.82, 2.24) is 0 Å². The number of rotatable bonds is 7. The second-order valence-corrected chi connectivity index (χ2v) is 4.61. The number of hydrogen-bond acceptors (Lipinski definition) is 2. The molecule has 96 valence electrons. The largest absolute Gasteiger partial charge is 0.381 e. The maximum atomic E-state index is 13.6. The van der Waals surface area contributed by atoms with Crippen molar-refractivity contribution in [2.45, 2.75) is 38.6 Å². The molecule has 1 aromatic carbocycles. The van der Waals surface area contributed by atoms with Crippen LogP contribution in [-0.4, -0.2) is 13.2 Å². The number of nitrogens with two attached hydrogens (primary N) is 1. The van der Waals surface area contributed by atoms with Crippen LogP contribution < -0.4 is 5.73 Å². The molecule has 0 aromatic heterocycles. The summed E-state index contributed by atoms with van der Waals surface area (Å²) in [5.41, 5.74) is 6.02. The molecule has 0 aliphatic rings. The third-order valence-corrected chi connectivity index (χ3v) is 2.90. The van der Waals surface area contributed by atoms with Gasteiger partial charge in [-0.3, -0.25) is 0 Å². The molecule has 0 aliphatic carbocycles. The van der Waals surface area contributed by atoms with Crippen LogP contribution in [0.15, 0.2) is 24.3 Å². The summed E-state index contributed by atoms with van der Waals surface area (Å²) in [7, 11) is 0. The Morgan fingerprint density at radius 1 is 1.29 bits per heavy atom. The van der Waals surface area contributed by atoms with Gasteiger partial charge in [0.15, 0.2) is 0 Å². The van der Waals surface area contributed by atoms with Crippen molar-refractivity contribution in [2.24, 2.45) is 5.73 Å². The van der Waals surface area contributed by atoms with Crippen LogP contribution in [-0.2, 0) is 10.3 Å². The zero-order valence-corrected chi connectivity index (χ0v) is 10.7. The standard InChI is InChI=1S/C14H22FNO/c1-3-4-10-17-11-9-14(2,16)12-7-5-6-8-13(12)15/h5-8H,3-4,9-11,16H2,1-2H3. The minimum atomic E-state index is -0.669. The molecule has 0 aliphatic heterocycles. The Hall–Kier alpha value is -0.930. The van der Waals surface area contributed by atoms with E-state index in [1.165, 1.54) is 6.07 Å². The number of hydrogen-bond donors (Lipinski definition) is 1. The lowest BCUT2D eigenvalue weighted by atomic mass is 9.90. The Bertz CT molecular complexity index is 339. The van der Waals surface area contributed by atoms with Crippen LogP contribution in [0.4, 0.5) is 4.39 Å². The third kappa shape index (κ3) is 4.44. The van der Waals surface area contributed by atoms with E-state index in [0.717, 1.165) is 19.4 Å². The summed E-state index contributed by atoms with van der Waals surface area (Å²) >= 11 is 0. The highest BCUT2D eigenvalue weighted by Gasteiger charge is 2.23. The second kappa shape index (κ2) is 6.72. The molecule has 0 saturated carbocycles. The Kier molecular flexibility index (Phi) is 5.59. The summed E-state index contributed by atoms with van der Waals surface area (Å²) in [6, 6.07) is 6.66. The highest BCUT2D eigenvalue weighted by atomic mass is 19.1. The van der Waals surface area contributed by atoms with Gasteiger partial charge in [-0.05, 0) is 25.8 Å². The van der Waals surface area contributed by atoms with E-state index in [1.54, 1.807) is 12.1 Å². The molecule has 2 nitrogen and oxygen atoms in total. The fourth-order valence-electron chi connectivity index (χ4n) is 1.69. The predicted octanol–water partition coefficient (Wildman–Crippen LogP) is 3.21. The fourth-order valence-corrected chi connectivity index (χ4v) is 1.69. The lowest BCUT2D eigenvalue weighted by Gasteiger charge is -2.25. The van der Waals surface area contributed by atoms with Gasteiger partial charge in [0.1, 0.15) is 5.82 Å². The molecule has 3 heteroatoms. The van der Waals surface area contributed by atoms with Gasteiger partial charge in [-0.1, -0.05) is 31.5 Å². The number of unbranched alkanes of at least 4 members (excludes halogenated alkanes) is 1. The summed E-state index contributed by atoms with van der Waals surface area (Å²) < 4.78 is 19.1. The highest BCUT2D eigenvalue weighted by Crippen LogP contribution is 2.24. The zero-order valence-electron chi connectivity index (χ0n) is 10.7. The Balaban J connectivity index is 2.48. The molecular formula is C14H22FNO. The van der Waals surface area contributed by atoms with Gasteiger partial charge in [0, 0.05) is 24.3 Å². The van der Waals surface area contributed by atoms with Crippen LogP contribution in [0, 0.1) is 5.82 Å². The SMILES string of the molecule is CCCCOCCC(C)(N)c1ccccc1F. The van der Waals surface area contributed by atoms with Crippen LogP contribution in [0.2, 0.25) is 0 Å². The van der Waals surface area contributed by atoms with Crippen LogP contribution in [0.1, 0.15) is 38.7 Å². The minimum Gasteiger partial charge on any atom is -0.381 e. The van der Waals surface area contributed by atoms with E-state index in [4.69, 9.17) is 10.5 Å². The average Bonchev–Trinajstić information content (AvgIpc) is 2.29. The van der Waals surface area contributed by atoms with Crippen molar-refractivity contribution in [3.8, 4) is 0 Å². The summed E-state index contributed by atoms with van der Waals surface area (Å²) in [5, 5.41) is 0. The first-order chi connectivity index (χ1) is 8.08. The van der Waals surface area contributed by atoms with E-state index in [-0.39, 0.29) is 5.82 Å². The first-order valence-corrected chi connectivity index (χ1v) is 6.19. The molecule has 2 N–H and O–H groups in total. The van der Waals surface area contributed by atoms with E-state index in [0.29, 0.717) is 18.6 Å². The lowest BCUT2D eigenvalue weighted by Crippen LogP contribution is -2.35. The number of benzene rings is 1. The normalized spacial score (nSPS) is 14.6. The molecule has 1 rings (SSSR count). The molecule has 0 bridgehead atoms. The van der Waals surface area contributed by atoms with Crippen LogP contribution in [0.3, 0.4) is 0 Å². The molecule has 0 heterocycles. The summed E-state index contributed by atoms with van der Waals surface area (Å²) in [6.07, 6.45) is 2.80. The molecular weight excluding hydrogens is 217 g/mol. The molecule has 0 saturated heterocycles. The van der Waals surface area contributed by atoms with Gasteiger partial charge in [-0.15, -0.1) is 0 Å². The average molecular weight is 239 g/mol. The van der Waals surface area contributed by atoms with E-state index in [1.807, 2.05) is 13.0 Å². The van der Waals surface area contributed by atoms with Gasteiger partial charge < -0.3 is 10.5 Å². The molecule has 0 amide bonds. The van der Waals surface area contributed by atoms with Crippen molar-refractivity contribution >= 4 is 0 Å². The van der Waals surface area contributed by atoms with Gasteiger partial charge in [-0.2, -0.15) is 0 Å². The molecule has 17 heavy (non-hydrogen) atoms. The third-order valence-electron chi connectivity index (χ3n) is 2.90. The maximum Gasteiger partial charge on any atom is 0.128 e. The zero-order chi connectivity index (χ0) is 12.7. The Morgan fingerprint density at radius 3 is 2.65 bits per heavy atom. The smallest absolute Gasteiger partial charge is 0.128 e. The summed E-state index contributed by atoms with van der Waals surface area (Å²) in [5.74, 6) is -0.244. The van der Waals surface area contributed by atoms with Crippen molar-refractivity contribution in [2.75, 3.05) is 13.2 Å². The van der Waals surface area contributed by atoms with Crippen LogP contribution >= 0.6 is 0 Å². The number of halogens is 1. The van der Waals surface area contributed by atoms with Gasteiger partial charge in [0.2, 0.25) is 0 Å². The Labute approximate surface area is 103 Å². The van der Waals surface area contributed by atoms with Crippen molar-refractivity contribution in [3.05, 3.63) is 35.6 Å². The molecule has 1 atom stereocenters. The lowest BCUT2D eigenvalue weighted by molar-refractivity contribution is 0.113. The number of ether oxygens (including phenoxy) is 1. The summed E-state index contributed by atoms with van der Waals surface area (Å²) in [6.45, 7) is 5.29. The first kappa shape index (κ1) is 14.1. The van der Waals surface area contributed by atoms with Crippen LogP contribution in [0.5, 0.6) is 0 Å². The van der Waals surface area contributed by atoms with Gasteiger partial charge in [-0.25, -0.2) is 4.39 Å². The second-order valence-electron chi connectivity index (χ2n) is 4.61. The van der Waals surface area contributed by atoms with Crippen LogP contribution in [0.25, 0.3) is 0 Å². The molecule has 0 fully saturated rings. The monoisotopic (exact) mass is 239 g/mol. The molecule has 0 spiro atoms. The van der Waals surface area contributed by atoms with Crippen molar-refractivity contribution < 1.29 is 9.13 Å². The fraction of sp³-hybridized carbons (Fsp3) is 0.571. The molecule has 0 radical (unpaired) electrons. The van der Waals surface area contributed by atoms with E-state index < -0.39 is 5.54 Å². The van der Waals surface area contributed by atoms with Gasteiger partial charge in [0.25, 0.3) is 0 Å². The van der Waals surface area contributed by atoms with E-state index in [9.17, 15) is 4.39 Å². The van der Waals surface area contributed by atoms with Crippen molar-refractivity contribution in [1.29, 1.82) is 0 Å². The topological polar surface area (TPSA) is 35.2 Å². The van der Waals surface area contributed by atoms with Crippen molar-refractivity contribution in [3.63, 3.8) is 0 Å². The maximum absolute atomic E-state index is 13.6. The predicted molar refractivity (Wildman–Crippen MR) is 68.3 cm³/mol. The van der Waals surface area contributed by atoms with E-state index >= 15 is 0 Å². The quantitative estimate of drug-likeness (QED) is 0.741. The summed E-state index contributed by atoms with van der Waals surface area (Å²) in [4.78, 5) is 0. The molecule has 1 aromatic rings. The van der Waals surface area contributed by atoms with Gasteiger partial charge >= 0.3 is 0 Å². The Morgan fingerprint density at radius 2 is 2.00 bits per heavy atom. The minimum absolute atomic E-state index is 0.244. The molecule has 1 unspecified atom stereocenters. The highest BCUT2D eigenvalue weighted by molar-refractivity contribution is 5.24. The first-order valence-electron chi connectivity index (χ1n) is 6.19. The van der Waals surface area contributed by atoms with E-state index in [2.05, 4.69) is 6.92 Å². The van der Waals surface area contributed by atoms with Gasteiger partial charge in [0.05, 0.1) is 0 Å².